The Labute approximate surface area is 148 Å². The molecule has 0 bridgehead atoms. The van der Waals surface area contributed by atoms with E-state index in [1.807, 2.05) is 34.8 Å². The van der Waals surface area contributed by atoms with Gasteiger partial charge in [-0.25, -0.2) is 0 Å². The van der Waals surface area contributed by atoms with E-state index in [1.54, 1.807) is 0 Å². The zero-order valence-corrected chi connectivity index (χ0v) is 14.9. The maximum Gasteiger partial charge on any atom is 0.267 e. The summed E-state index contributed by atoms with van der Waals surface area (Å²) in [7, 11) is 1.87. The zero-order valence-electron chi connectivity index (χ0n) is 14.9. The van der Waals surface area contributed by atoms with Crippen LogP contribution < -0.4 is 5.32 Å². The van der Waals surface area contributed by atoms with Gasteiger partial charge in [0.15, 0.2) is 0 Å². The highest BCUT2D eigenvalue weighted by molar-refractivity contribution is 5.92. The maximum atomic E-state index is 12.3. The molecular formula is C19H27N3O3. The van der Waals surface area contributed by atoms with E-state index in [1.165, 1.54) is 6.42 Å². The van der Waals surface area contributed by atoms with Crippen molar-refractivity contribution >= 4 is 11.8 Å². The average Bonchev–Trinajstić information content (AvgIpc) is 3.10. The molecule has 0 radical (unpaired) electrons. The number of hydrogen-bond donors (Lipinski definition) is 1. The SMILES string of the molecule is Cn1cccc1C(=O)NCC[C@H]1CCOC12CN(C(=O)C1CCC1)C2. The van der Waals surface area contributed by atoms with E-state index in [4.69, 9.17) is 4.74 Å². The van der Waals surface area contributed by atoms with Gasteiger partial charge in [0.05, 0.1) is 13.1 Å². The topological polar surface area (TPSA) is 63.6 Å². The van der Waals surface area contributed by atoms with Crippen LogP contribution in [0.5, 0.6) is 0 Å². The van der Waals surface area contributed by atoms with E-state index in [-0.39, 0.29) is 17.4 Å². The summed E-state index contributed by atoms with van der Waals surface area (Å²) >= 11 is 0. The third-order valence-corrected chi connectivity index (χ3v) is 6.24. The number of carbonyl (C=O) groups is 2. The van der Waals surface area contributed by atoms with Gasteiger partial charge in [0.25, 0.3) is 5.91 Å². The Hall–Kier alpha value is -1.82. The fourth-order valence-electron chi connectivity index (χ4n) is 4.36. The molecule has 136 valence electrons. The summed E-state index contributed by atoms with van der Waals surface area (Å²) in [6.07, 6.45) is 7.09. The Morgan fingerprint density at radius 1 is 1.32 bits per heavy atom. The number of rotatable bonds is 5. The standard InChI is InChI=1S/C19H27N3O3/c1-21-10-3-6-16(21)17(23)20-9-7-15-8-11-25-19(15)12-22(13-19)18(24)14-4-2-5-14/h3,6,10,14-15H,2,4-5,7-9,11-13H2,1H3,(H,20,23)/t15-/m0/s1. The molecule has 3 fully saturated rings. The minimum absolute atomic E-state index is 0.0316. The monoisotopic (exact) mass is 345 g/mol. The molecule has 2 aliphatic heterocycles. The summed E-state index contributed by atoms with van der Waals surface area (Å²) in [5, 5.41) is 3.01. The maximum absolute atomic E-state index is 12.3. The van der Waals surface area contributed by atoms with Crippen LogP contribution in [0.1, 0.15) is 42.6 Å². The second-order valence-corrected chi connectivity index (χ2v) is 7.77. The largest absolute Gasteiger partial charge is 0.371 e. The summed E-state index contributed by atoms with van der Waals surface area (Å²) in [6, 6.07) is 3.70. The van der Waals surface area contributed by atoms with Gasteiger partial charge in [0.1, 0.15) is 11.3 Å². The van der Waals surface area contributed by atoms with Crippen LogP contribution in [0.15, 0.2) is 18.3 Å². The average molecular weight is 345 g/mol. The van der Waals surface area contributed by atoms with E-state index in [0.29, 0.717) is 24.1 Å². The fraction of sp³-hybridized carbons (Fsp3) is 0.684. The Bertz CT molecular complexity index is 659. The van der Waals surface area contributed by atoms with Crippen molar-refractivity contribution in [3.05, 3.63) is 24.0 Å². The molecule has 3 heterocycles. The van der Waals surface area contributed by atoms with Crippen molar-refractivity contribution in [2.24, 2.45) is 18.9 Å². The molecule has 1 N–H and O–H groups in total. The van der Waals surface area contributed by atoms with Crippen molar-refractivity contribution in [1.82, 2.24) is 14.8 Å². The number of amides is 2. The van der Waals surface area contributed by atoms with Crippen molar-refractivity contribution in [2.45, 2.75) is 37.7 Å². The molecule has 1 aromatic heterocycles. The van der Waals surface area contributed by atoms with Gasteiger partial charge in [0, 0.05) is 32.3 Å². The Morgan fingerprint density at radius 2 is 2.12 bits per heavy atom. The number of aromatic nitrogens is 1. The summed E-state index contributed by atoms with van der Waals surface area (Å²) < 4.78 is 7.86. The van der Waals surface area contributed by atoms with E-state index >= 15 is 0 Å². The molecule has 1 atom stereocenters. The van der Waals surface area contributed by atoms with Crippen LogP contribution >= 0.6 is 0 Å². The van der Waals surface area contributed by atoms with Crippen molar-refractivity contribution in [3.63, 3.8) is 0 Å². The number of ether oxygens (including phenoxy) is 1. The predicted octanol–water partition coefficient (Wildman–Crippen LogP) is 1.56. The predicted molar refractivity (Wildman–Crippen MR) is 93.1 cm³/mol. The van der Waals surface area contributed by atoms with Crippen LogP contribution in [0.25, 0.3) is 0 Å². The molecule has 0 unspecified atom stereocenters. The number of aryl methyl sites for hydroxylation is 1. The number of nitrogens with one attached hydrogen (secondary N) is 1. The third-order valence-electron chi connectivity index (χ3n) is 6.24. The number of hydrogen-bond acceptors (Lipinski definition) is 3. The van der Waals surface area contributed by atoms with Crippen molar-refractivity contribution in [1.29, 1.82) is 0 Å². The number of carbonyl (C=O) groups excluding carboxylic acids is 2. The lowest BCUT2D eigenvalue weighted by atomic mass is 9.76. The smallest absolute Gasteiger partial charge is 0.267 e. The second-order valence-electron chi connectivity index (χ2n) is 7.77. The normalized spacial score (nSPS) is 24.8. The summed E-state index contributed by atoms with van der Waals surface area (Å²) in [5.41, 5.74) is 0.521. The van der Waals surface area contributed by atoms with Crippen molar-refractivity contribution < 1.29 is 14.3 Å². The van der Waals surface area contributed by atoms with Crippen molar-refractivity contribution in [3.8, 4) is 0 Å². The van der Waals surface area contributed by atoms with Crippen LogP contribution in [0, 0.1) is 11.8 Å². The second kappa shape index (κ2) is 6.48. The molecule has 1 spiro atoms. The summed E-state index contributed by atoms with van der Waals surface area (Å²) in [4.78, 5) is 26.5. The lowest BCUT2D eigenvalue weighted by Crippen LogP contribution is -2.67. The number of likely N-dealkylation sites (tertiary alicyclic amines) is 1. The van der Waals surface area contributed by atoms with E-state index in [0.717, 1.165) is 45.4 Å². The van der Waals surface area contributed by atoms with Gasteiger partial charge in [-0.1, -0.05) is 6.42 Å². The minimum Gasteiger partial charge on any atom is -0.371 e. The van der Waals surface area contributed by atoms with Crippen LogP contribution in [-0.4, -0.2) is 53.1 Å². The highest BCUT2D eigenvalue weighted by Gasteiger charge is 2.54. The van der Waals surface area contributed by atoms with Crippen LogP contribution in [0.4, 0.5) is 0 Å². The molecule has 1 aliphatic carbocycles. The molecule has 1 saturated carbocycles. The number of nitrogens with zero attached hydrogens (tertiary/aromatic N) is 2. The lowest BCUT2D eigenvalue weighted by Gasteiger charge is -2.51. The van der Waals surface area contributed by atoms with Gasteiger partial charge in [-0.2, -0.15) is 0 Å². The Morgan fingerprint density at radius 3 is 2.76 bits per heavy atom. The molecule has 0 aromatic carbocycles. The highest BCUT2D eigenvalue weighted by atomic mass is 16.5. The Balaban J connectivity index is 1.26. The fourth-order valence-corrected chi connectivity index (χ4v) is 4.36. The van der Waals surface area contributed by atoms with Crippen LogP contribution in [-0.2, 0) is 16.6 Å². The van der Waals surface area contributed by atoms with Gasteiger partial charge in [-0.3, -0.25) is 9.59 Å². The molecular weight excluding hydrogens is 318 g/mol. The van der Waals surface area contributed by atoms with Gasteiger partial charge in [0.2, 0.25) is 5.91 Å². The van der Waals surface area contributed by atoms with Gasteiger partial charge < -0.3 is 19.5 Å². The van der Waals surface area contributed by atoms with Gasteiger partial charge >= 0.3 is 0 Å². The van der Waals surface area contributed by atoms with Crippen LogP contribution in [0.2, 0.25) is 0 Å². The molecule has 1 aromatic rings. The van der Waals surface area contributed by atoms with Crippen LogP contribution in [0.3, 0.4) is 0 Å². The summed E-state index contributed by atoms with van der Waals surface area (Å²) in [6.45, 7) is 2.88. The van der Waals surface area contributed by atoms with E-state index < -0.39 is 0 Å². The first-order valence-electron chi connectivity index (χ1n) is 9.41. The Kier molecular flexibility index (Phi) is 4.31. The summed E-state index contributed by atoms with van der Waals surface area (Å²) in [5.74, 6) is 0.979. The molecule has 2 amide bonds. The third kappa shape index (κ3) is 2.97. The lowest BCUT2D eigenvalue weighted by molar-refractivity contribution is -0.171. The first-order chi connectivity index (χ1) is 12.1. The first-order valence-corrected chi connectivity index (χ1v) is 9.41. The van der Waals surface area contributed by atoms with Gasteiger partial charge in [-0.15, -0.1) is 0 Å². The molecule has 2 saturated heterocycles. The molecule has 6 heteroatoms. The molecule has 6 nitrogen and oxygen atoms in total. The van der Waals surface area contributed by atoms with Gasteiger partial charge in [-0.05, 0) is 43.7 Å². The molecule has 3 aliphatic rings. The quantitative estimate of drug-likeness (QED) is 0.881. The molecule has 25 heavy (non-hydrogen) atoms. The van der Waals surface area contributed by atoms with Crippen molar-refractivity contribution in [2.75, 3.05) is 26.2 Å². The highest BCUT2D eigenvalue weighted by Crippen LogP contribution is 2.43. The zero-order chi connectivity index (χ0) is 17.4. The van der Waals surface area contributed by atoms with E-state index in [9.17, 15) is 9.59 Å². The molecule has 4 rings (SSSR count). The van der Waals surface area contributed by atoms with E-state index in [2.05, 4.69) is 5.32 Å². The minimum atomic E-state index is -0.158. The first kappa shape index (κ1) is 16.6.